The number of carbonyl (C=O) groups excluding carboxylic acids is 2. The zero-order chi connectivity index (χ0) is 14.8. The number of rotatable bonds is 4. The summed E-state index contributed by atoms with van der Waals surface area (Å²) in [4.78, 5) is 35.7. The molecule has 1 amide bonds. The third-order valence-corrected chi connectivity index (χ3v) is 2.83. The summed E-state index contributed by atoms with van der Waals surface area (Å²) in [6, 6.07) is -1.22. The van der Waals surface area contributed by atoms with Crippen LogP contribution in [-0.4, -0.2) is 52.6 Å². The van der Waals surface area contributed by atoms with Crippen LogP contribution in [0.25, 0.3) is 0 Å². The molecule has 108 valence electrons. The highest BCUT2D eigenvalue weighted by Gasteiger charge is 2.40. The van der Waals surface area contributed by atoms with Crippen molar-refractivity contribution in [3.63, 3.8) is 0 Å². The third kappa shape index (κ3) is 4.20. The van der Waals surface area contributed by atoms with Crippen LogP contribution >= 0.6 is 0 Å². The van der Waals surface area contributed by atoms with Gasteiger partial charge in [0.25, 0.3) is 0 Å². The predicted molar refractivity (Wildman–Crippen MR) is 66.1 cm³/mol. The van der Waals surface area contributed by atoms with Gasteiger partial charge in [-0.3, -0.25) is 14.5 Å². The van der Waals surface area contributed by atoms with Crippen molar-refractivity contribution < 1.29 is 24.2 Å². The summed E-state index contributed by atoms with van der Waals surface area (Å²) in [6.45, 7) is 5.53. The van der Waals surface area contributed by atoms with Gasteiger partial charge in [0.15, 0.2) is 6.04 Å². The first-order chi connectivity index (χ1) is 8.61. The van der Waals surface area contributed by atoms with Crippen molar-refractivity contribution in [1.82, 2.24) is 4.90 Å². The lowest BCUT2D eigenvalue weighted by Crippen LogP contribution is -2.51. The van der Waals surface area contributed by atoms with Gasteiger partial charge in [0.1, 0.15) is 5.60 Å². The number of carboxylic acid groups (broad SMARTS) is 1. The standard InChI is InChI=1S/C12H20N2O5/c1-12(2,3)19-11(18)8(9(13)15)14-5-4-7(6-14)10(16)17/h7-8H,4-6H2,1-3H3,(H2,13,15)(H,16,17). The number of nitrogens with zero attached hydrogens (tertiary/aromatic N) is 1. The summed E-state index contributed by atoms with van der Waals surface area (Å²) >= 11 is 0. The third-order valence-electron chi connectivity index (χ3n) is 2.83. The second-order valence-corrected chi connectivity index (χ2v) is 5.66. The maximum atomic E-state index is 12.0. The maximum Gasteiger partial charge on any atom is 0.333 e. The molecule has 0 aromatic carbocycles. The van der Waals surface area contributed by atoms with Crippen LogP contribution in [0.5, 0.6) is 0 Å². The molecule has 19 heavy (non-hydrogen) atoms. The fourth-order valence-corrected chi connectivity index (χ4v) is 2.03. The minimum Gasteiger partial charge on any atom is -0.481 e. The van der Waals surface area contributed by atoms with E-state index in [1.54, 1.807) is 20.8 Å². The van der Waals surface area contributed by atoms with Crippen LogP contribution in [-0.2, 0) is 19.1 Å². The Morgan fingerprint density at radius 2 is 1.95 bits per heavy atom. The molecule has 2 unspecified atom stereocenters. The monoisotopic (exact) mass is 272 g/mol. The summed E-state index contributed by atoms with van der Waals surface area (Å²) in [6.07, 6.45) is 0.391. The van der Waals surface area contributed by atoms with Crippen LogP contribution in [0.1, 0.15) is 27.2 Å². The van der Waals surface area contributed by atoms with E-state index in [4.69, 9.17) is 15.6 Å². The van der Waals surface area contributed by atoms with Gasteiger partial charge in [-0.2, -0.15) is 0 Å². The van der Waals surface area contributed by atoms with Crippen molar-refractivity contribution in [2.75, 3.05) is 13.1 Å². The molecule has 1 heterocycles. The molecule has 1 fully saturated rings. The van der Waals surface area contributed by atoms with Crippen molar-refractivity contribution >= 4 is 17.8 Å². The average molecular weight is 272 g/mol. The van der Waals surface area contributed by atoms with Gasteiger partial charge in [-0.25, -0.2) is 4.79 Å². The van der Waals surface area contributed by atoms with Crippen molar-refractivity contribution in [2.45, 2.75) is 38.8 Å². The number of ether oxygens (including phenoxy) is 1. The molecule has 7 nitrogen and oxygen atoms in total. The van der Waals surface area contributed by atoms with Crippen LogP contribution in [0, 0.1) is 5.92 Å². The number of esters is 1. The highest BCUT2D eigenvalue weighted by molar-refractivity contribution is 6.01. The summed E-state index contributed by atoms with van der Waals surface area (Å²) in [5.74, 6) is -3.06. The van der Waals surface area contributed by atoms with E-state index in [-0.39, 0.29) is 6.54 Å². The van der Waals surface area contributed by atoms with Crippen molar-refractivity contribution in [1.29, 1.82) is 0 Å². The number of carboxylic acids is 1. The lowest BCUT2D eigenvalue weighted by molar-refractivity contribution is -0.163. The topological polar surface area (TPSA) is 110 Å². The first-order valence-electron chi connectivity index (χ1n) is 6.11. The summed E-state index contributed by atoms with van der Waals surface area (Å²) in [7, 11) is 0. The van der Waals surface area contributed by atoms with Crippen LogP contribution in [0.3, 0.4) is 0 Å². The molecular weight excluding hydrogens is 252 g/mol. The van der Waals surface area contributed by atoms with E-state index in [1.807, 2.05) is 0 Å². The Bertz CT molecular complexity index is 388. The van der Waals surface area contributed by atoms with Crippen LogP contribution in [0.4, 0.5) is 0 Å². The van der Waals surface area contributed by atoms with Crippen LogP contribution in [0.2, 0.25) is 0 Å². The molecule has 3 N–H and O–H groups in total. The summed E-state index contributed by atoms with van der Waals surface area (Å²) < 4.78 is 5.14. The van der Waals surface area contributed by atoms with Crippen LogP contribution < -0.4 is 5.73 Å². The quantitative estimate of drug-likeness (QED) is 0.531. The smallest absolute Gasteiger partial charge is 0.333 e. The van der Waals surface area contributed by atoms with Crippen molar-refractivity contribution in [2.24, 2.45) is 11.7 Å². The molecule has 0 bridgehead atoms. The second kappa shape index (κ2) is 5.56. The lowest BCUT2D eigenvalue weighted by atomic mass is 10.1. The maximum absolute atomic E-state index is 12.0. The van der Waals surface area contributed by atoms with Crippen molar-refractivity contribution in [3.8, 4) is 0 Å². The highest BCUT2D eigenvalue weighted by Crippen LogP contribution is 2.20. The van der Waals surface area contributed by atoms with Gasteiger partial charge in [0.2, 0.25) is 5.91 Å². The van der Waals surface area contributed by atoms with E-state index >= 15 is 0 Å². The number of aliphatic carboxylic acids is 1. The van der Waals surface area contributed by atoms with Crippen LogP contribution in [0.15, 0.2) is 0 Å². The molecular formula is C12H20N2O5. The molecule has 2 atom stereocenters. The summed E-state index contributed by atoms with van der Waals surface area (Å²) in [5, 5.41) is 8.92. The fraction of sp³-hybridized carbons (Fsp3) is 0.750. The minimum atomic E-state index is -1.22. The van der Waals surface area contributed by atoms with E-state index < -0.39 is 35.4 Å². The first-order valence-corrected chi connectivity index (χ1v) is 6.11. The second-order valence-electron chi connectivity index (χ2n) is 5.66. The number of primary amides is 1. The Balaban J connectivity index is 2.77. The molecule has 1 saturated heterocycles. The average Bonchev–Trinajstić information content (AvgIpc) is 2.63. The zero-order valence-corrected chi connectivity index (χ0v) is 11.4. The molecule has 0 aliphatic carbocycles. The van der Waals surface area contributed by atoms with Gasteiger partial charge in [-0.1, -0.05) is 0 Å². The SMILES string of the molecule is CC(C)(C)OC(=O)C(C(N)=O)N1CCC(C(=O)O)C1. The summed E-state index contributed by atoms with van der Waals surface area (Å²) in [5.41, 5.74) is 4.50. The number of carbonyl (C=O) groups is 3. The molecule has 1 aliphatic heterocycles. The van der Waals surface area contributed by atoms with E-state index in [2.05, 4.69) is 0 Å². The zero-order valence-electron chi connectivity index (χ0n) is 11.4. The minimum absolute atomic E-state index is 0.127. The molecule has 0 saturated carbocycles. The Morgan fingerprint density at radius 1 is 1.37 bits per heavy atom. The fourth-order valence-electron chi connectivity index (χ4n) is 2.03. The number of hydrogen-bond acceptors (Lipinski definition) is 5. The Kier molecular flexibility index (Phi) is 4.52. The Hall–Kier alpha value is -1.63. The molecule has 1 rings (SSSR count). The first kappa shape index (κ1) is 15.4. The van der Waals surface area contributed by atoms with Gasteiger partial charge < -0.3 is 15.6 Å². The molecule has 0 radical (unpaired) electrons. The van der Waals surface area contributed by atoms with Gasteiger partial charge in [0.05, 0.1) is 5.92 Å². The van der Waals surface area contributed by atoms with E-state index in [0.717, 1.165) is 0 Å². The van der Waals surface area contributed by atoms with Crippen molar-refractivity contribution in [3.05, 3.63) is 0 Å². The molecule has 7 heteroatoms. The molecule has 0 spiro atoms. The molecule has 1 aliphatic rings. The van der Waals surface area contributed by atoms with E-state index in [1.165, 1.54) is 4.90 Å². The number of hydrogen-bond donors (Lipinski definition) is 2. The Labute approximate surface area is 111 Å². The molecule has 0 aromatic heterocycles. The van der Waals surface area contributed by atoms with Gasteiger partial charge in [-0.15, -0.1) is 0 Å². The molecule has 0 aromatic rings. The number of likely N-dealkylation sites (tertiary alicyclic amines) is 1. The lowest BCUT2D eigenvalue weighted by Gasteiger charge is -2.27. The normalized spacial score (nSPS) is 21.9. The van der Waals surface area contributed by atoms with Gasteiger partial charge >= 0.3 is 11.9 Å². The van der Waals surface area contributed by atoms with E-state index in [0.29, 0.717) is 13.0 Å². The van der Waals surface area contributed by atoms with Gasteiger partial charge in [-0.05, 0) is 27.2 Å². The number of amides is 1. The largest absolute Gasteiger partial charge is 0.481 e. The highest BCUT2D eigenvalue weighted by atomic mass is 16.6. The number of nitrogens with two attached hydrogens (primary N) is 1. The predicted octanol–water partition coefficient (Wildman–Crippen LogP) is -0.411. The Morgan fingerprint density at radius 3 is 2.32 bits per heavy atom. The van der Waals surface area contributed by atoms with Gasteiger partial charge in [0, 0.05) is 13.1 Å². The van der Waals surface area contributed by atoms with E-state index in [9.17, 15) is 14.4 Å².